The molecule has 6 nitrogen and oxygen atoms in total. The molecule has 3 N–H and O–H groups in total. The van der Waals surface area contributed by atoms with Crippen LogP contribution in [0.2, 0.25) is 0 Å². The number of hydrogen-bond acceptors (Lipinski definition) is 2. The molecule has 0 spiro atoms. The number of halogens is 1. The number of amides is 3. The number of carbonyl (C=O) groups excluding carboxylic acids is 2. The average molecular weight is 415 g/mol. The number of rotatable bonds is 4. The number of aromatic nitrogens is 1. The number of nitrogens with zero attached hydrogens (tertiary/aromatic N) is 1. The molecule has 1 aromatic heterocycles. The molecule has 162 valence electrons. The smallest absolute Gasteiger partial charge is 0.317 e. The Balaban J connectivity index is 1.27. The number of aryl methyl sites for hydroxylation is 1. The molecular formula is C23H31FN4O2. The SMILES string of the molecule is Cc1[nH]c2ccc(F)cc2c1CC(=O)NC1CCN(C(=O)NC2CCCCC2)CC1. The first kappa shape index (κ1) is 20.7. The number of hydrogen-bond donors (Lipinski definition) is 3. The Kier molecular flexibility index (Phi) is 6.25. The van der Waals surface area contributed by atoms with Gasteiger partial charge in [-0.1, -0.05) is 19.3 Å². The van der Waals surface area contributed by atoms with Crippen molar-refractivity contribution < 1.29 is 14.0 Å². The summed E-state index contributed by atoms with van der Waals surface area (Å²) in [7, 11) is 0. The predicted octanol–water partition coefficient (Wildman–Crippen LogP) is 3.78. The van der Waals surface area contributed by atoms with E-state index >= 15 is 0 Å². The Hall–Kier alpha value is -2.57. The van der Waals surface area contributed by atoms with Gasteiger partial charge in [0, 0.05) is 41.8 Å². The molecule has 2 heterocycles. The summed E-state index contributed by atoms with van der Waals surface area (Å²) in [6.45, 7) is 3.21. The molecule has 1 saturated heterocycles. The Labute approximate surface area is 176 Å². The number of benzene rings is 1. The van der Waals surface area contributed by atoms with Crippen LogP contribution in [0.3, 0.4) is 0 Å². The summed E-state index contributed by atoms with van der Waals surface area (Å²) < 4.78 is 13.6. The van der Waals surface area contributed by atoms with Gasteiger partial charge >= 0.3 is 6.03 Å². The number of aromatic amines is 1. The van der Waals surface area contributed by atoms with Crippen LogP contribution in [0.4, 0.5) is 9.18 Å². The lowest BCUT2D eigenvalue weighted by atomic mass is 9.95. The first-order valence-corrected chi connectivity index (χ1v) is 11.1. The van der Waals surface area contributed by atoms with Crippen molar-refractivity contribution >= 4 is 22.8 Å². The highest BCUT2D eigenvalue weighted by molar-refractivity contribution is 5.90. The third kappa shape index (κ3) is 4.77. The fourth-order valence-corrected chi connectivity index (χ4v) is 4.76. The lowest BCUT2D eigenvalue weighted by molar-refractivity contribution is -0.121. The number of H-pyrrole nitrogens is 1. The minimum Gasteiger partial charge on any atom is -0.358 e. The van der Waals surface area contributed by atoms with Crippen molar-refractivity contribution in [1.82, 2.24) is 20.5 Å². The molecule has 2 fully saturated rings. The fourth-order valence-electron chi connectivity index (χ4n) is 4.76. The van der Waals surface area contributed by atoms with Gasteiger partial charge in [0.25, 0.3) is 0 Å². The molecule has 0 radical (unpaired) electrons. The van der Waals surface area contributed by atoms with E-state index in [-0.39, 0.29) is 30.2 Å². The van der Waals surface area contributed by atoms with Crippen molar-refractivity contribution in [2.45, 2.75) is 70.4 Å². The number of likely N-dealkylation sites (tertiary alicyclic amines) is 1. The Morgan fingerprint density at radius 1 is 1.07 bits per heavy atom. The maximum Gasteiger partial charge on any atom is 0.317 e. The van der Waals surface area contributed by atoms with Crippen LogP contribution < -0.4 is 10.6 Å². The lowest BCUT2D eigenvalue weighted by Gasteiger charge is -2.34. The van der Waals surface area contributed by atoms with Crippen molar-refractivity contribution in [2.24, 2.45) is 0 Å². The summed E-state index contributed by atoms with van der Waals surface area (Å²) in [5.41, 5.74) is 2.57. The summed E-state index contributed by atoms with van der Waals surface area (Å²) in [5.74, 6) is -0.365. The first-order chi connectivity index (χ1) is 14.5. The fraction of sp³-hybridized carbons (Fsp3) is 0.565. The Morgan fingerprint density at radius 2 is 1.77 bits per heavy atom. The Bertz CT molecular complexity index is 911. The highest BCUT2D eigenvalue weighted by Crippen LogP contribution is 2.24. The second kappa shape index (κ2) is 9.06. The van der Waals surface area contributed by atoms with Gasteiger partial charge in [-0.05, 0) is 56.4 Å². The minimum atomic E-state index is -0.304. The van der Waals surface area contributed by atoms with E-state index in [1.54, 1.807) is 6.07 Å². The van der Waals surface area contributed by atoms with E-state index in [0.29, 0.717) is 19.1 Å². The molecular weight excluding hydrogens is 383 g/mol. The summed E-state index contributed by atoms with van der Waals surface area (Å²) in [6, 6.07) is 5.01. The van der Waals surface area contributed by atoms with Crippen LogP contribution in [-0.2, 0) is 11.2 Å². The molecule has 1 saturated carbocycles. The summed E-state index contributed by atoms with van der Waals surface area (Å²) in [5, 5.41) is 7.03. The van der Waals surface area contributed by atoms with E-state index in [1.807, 2.05) is 11.8 Å². The molecule has 3 amide bonds. The summed E-state index contributed by atoms with van der Waals surface area (Å²) in [4.78, 5) is 30.2. The predicted molar refractivity (Wildman–Crippen MR) is 115 cm³/mol. The van der Waals surface area contributed by atoms with Crippen molar-refractivity contribution in [2.75, 3.05) is 13.1 Å². The monoisotopic (exact) mass is 414 g/mol. The standard InChI is InChI=1S/C23H31FN4O2/c1-15-19(20-13-16(24)7-8-21(20)25-15)14-22(29)26-18-9-11-28(12-10-18)23(30)27-17-5-3-2-4-6-17/h7-8,13,17-18,25H,2-6,9-12,14H2,1H3,(H,26,29)(H,27,30). The molecule has 7 heteroatoms. The molecule has 0 bridgehead atoms. The van der Waals surface area contributed by atoms with Crippen molar-refractivity contribution in [1.29, 1.82) is 0 Å². The van der Waals surface area contributed by atoms with Crippen LogP contribution in [-0.4, -0.2) is 47.0 Å². The van der Waals surface area contributed by atoms with E-state index in [2.05, 4.69) is 15.6 Å². The third-order valence-corrected chi connectivity index (χ3v) is 6.50. The van der Waals surface area contributed by atoms with E-state index < -0.39 is 0 Å². The van der Waals surface area contributed by atoms with Gasteiger partial charge < -0.3 is 20.5 Å². The number of piperidine rings is 1. The maximum atomic E-state index is 13.6. The number of nitrogens with one attached hydrogen (secondary N) is 3. The second-order valence-corrected chi connectivity index (χ2v) is 8.71. The van der Waals surface area contributed by atoms with E-state index in [1.165, 1.54) is 31.4 Å². The number of urea groups is 1. The molecule has 2 aliphatic rings. The summed E-state index contributed by atoms with van der Waals surface area (Å²) >= 11 is 0. The van der Waals surface area contributed by atoms with E-state index in [9.17, 15) is 14.0 Å². The zero-order chi connectivity index (χ0) is 21.1. The van der Waals surface area contributed by atoms with Gasteiger partial charge in [0.05, 0.1) is 6.42 Å². The minimum absolute atomic E-state index is 0.0307. The van der Waals surface area contributed by atoms with E-state index in [0.717, 1.165) is 47.8 Å². The molecule has 1 aromatic carbocycles. The molecule has 4 rings (SSSR count). The highest BCUT2D eigenvalue weighted by Gasteiger charge is 2.26. The topological polar surface area (TPSA) is 77.2 Å². The van der Waals surface area contributed by atoms with Gasteiger partial charge in [-0.3, -0.25) is 4.79 Å². The van der Waals surface area contributed by atoms with Gasteiger partial charge in [0.15, 0.2) is 0 Å². The molecule has 0 unspecified atom stereocenters. The first-order valence-electron chi connectivity index (χ1n) is 11.1. The van der Waals surface area contributed by atoms with Gasteiger partial charge in [-0.15, -0.1) is 0 Å². The summed E-state index contributed by atoms with van der Waals surface area (Å²) in [6.07, 6.45) is 7.55. The third-order valence-electron chi connectivity index (χ3n) is 6.50. The maximum absolute atomic E-state index is 13.6. The zero-order valence-corrected chi connectivity index (χ0v) is 17.6. The lowest BCUT2D eigenvalue weighted by Crippen LogP contribution is -2.51. The van der Waals surface area contributed by atoms with Gasteiger partial charge in [-0.25, -0.2) is 9.18 Å². The van der Waals surface area contributed by atoms with Crippen LogP contribution in [0, 0.1) is 12.7 Å². The zero-order valence-electron chi connectivity index (χ0n) is 17.6. The molecule has 0 atom stereocenters. The van der Waals surface area contributed by atoms with Gasteiger partial charge in [-0.2, -0.15) is 0 Å². The van der Waals surface area contributed by atoms with Gasteiger partial charge in [0.1, 0.15) is 5.82 Å². The van der Waals surface area contributed by atoms with Gasteiger partial charge in [0.2, 0.25) is 5.91 Å². The van der Waals surface area contributed by atoms with Crippen LogP contribution in [0.1, 0.15) is 56.2 Å². The van der Waals surface area contributed by atoms with Crippen molar-refractivity contribution in [3.8, 4) is 0 Å². The normalized spacial score (nSPS) is 18.5. The van der Waals surface area contributed by atoms with Crippen LogP contribution >= 0.6 is 0 Å². The quantitative estimate of drug-likeness (QED) is 0.712. The second-order valence-electron chi connectivity index (χ2n) is 8.71. The van der Waals surface area contributed by atoms with Crippen molar-refractivity contribution in [3.63, 3.8) is 0 Å². The average Bonchev–Trinajstić information content (AvgIpc) is 3.04. The largest absolute Gasteiger partial charge is 0.358 e. The van der Waals surface area contributed by atoms with E-state index in [4.69, 9.17) is 0 Å². The van der Waals surface area contributed by atoms with Crippen LogP contribution in [0.25, 0.3) is 10.9 Å². The number of carbonyl (C=O) groups is 2. The Morgan fingerprint density at radius 3 is 2.50 bits per heavy atom. The van der Waals surface area contributed by atoms with Crippen LogP contribution in [0.5, 0.6) is 0 Å². The number of fused-ring (bicyclic) bond motifs is 1. The molecule has 2 aromatic rings. The molecule has 30 heavy (non-hydrogen) atoms. The molecule has 1 aliphatic heterocycles. The highest BCUT2D eigenvalue weighted by atomic mass is 19.1. The molecule has 1 aliphatic carbocycles. The van der Waals surface area contributed by atoms with Crippen molar-refractivity contribution in [3.05, 3.63) is 35.3 Å². The van der Waals surface area contributed by atoms with Crippen LogP contribution in [0.15, 0.2) is 18.2 Å².